The fourth-order valence-electron chi connectivity index (χ4n) is 2.51. The molecule has 19 heavy (non-hydrogen) atoms. The second kappa shape index (κ2) is 4.65. The van der Waals surface area contributed by atoms with Crippen LogP contribution in [0.2, 0.25) is 0 Å². The van der Waals surface area contributed by atoms with Crippen LogP contribution in [0.3, 0.4) is 0 Å². The minimum atomic E-state index is 0.203. The van der Waals surface area contributed by atoms with Gasteiger partial charge in [0.2, 0.25) is 0 Å². The molecule has 2 aromatic rings. The van der Waals surface area contributed by atoms with Crippen LogP contribution in [0.1, 0.15) is 29.8 Å². The van der Waals surface area contributed by atoms with Crippen molar-refractivity contribution in [2.45, 2.75) is 38.6 Å². The van der Waals surface area contributed by atoms with E-state index in [-0.39, 0.29) is 5.54 Å². The van der Waals surface area contributed by atoms with Gasteiger partial charge in [0.15, 0.2) is 0 Å². The van der Waals surface area contributed by atoms with Gasteiger partial charge in [0.05, 0.1) is 0 Å². The Balaban J connectivity index is 1.74. The lowest BCUT2D eigenvalue weighted by Gasteiger charge is -2.18. The third-order valence-corrected chi connectivity index (χ3v) is 3.65. The highest BCUT2D eigenvalue weighted by atomic mass is 15.1. The fourth-order valence-corrected chi connectivity index (χ4v) is 2.51. The first-order valence-corrected chi connectivity index (χ1v) is 6.79. The predicted octanol–water partition coefficient (Wildman–Crippen LogP) is 3.28. The topological polar surface area (TPSA) is 37.8 Å². The Hall–Kier alpha value is -1.90. The van der Waals surface area contributed by atoms with Crippen molar-refractivity contribution in [3.63, 3.8) is 0 Å². The smallest absolute Gasteiger partial charge is 0.130 e. The van der Waals surface area contributed by atoms with Crippen molar-refractivity contribution in [2.75, 3.05) is 5.32 Å². The van der Waals surface area contributed by atoms with Crippen molar-refractivity contribution in [1.82, 2.24) is 9.97 Å². The average molecular weight is 253 g/mol. The summed E-state index contributed by atoms with van der Waals surface area (Å²) < 4.78 is 0. The molecule has 0 aliphatic heterocycles. The number of rotatable bonds is 4. The van der Waals surface area contributed by atoms with Crippen molar-refractivity contribution in [2.24, 2.45) is 0 Å². The van der Waals surface area contributed by atoms with Crippen LogP contribution in [0.5, 0.6) is 0 Å². The molecule has 1 saturated carbocycles. The van der Waals surface area contributed by atoms with Crippen LogP contribution in [-0.2, 0) is 6.42 Å². The molecule has 0 atom stereocenters. The zero-order valence-corrected chi connectivity index (χ0v) is 11.5. The number of nitrogens with zero attached hydrogens (tertiary/aromatic N) is 2. The molecule has 1 aromatic heterocycles. The standard InChI is InChI=1S/C16H19N3/c1-12-4-3-5-14(10-12)11-16(7-8-16)19-15-6-9-17-13(2)18-15/h3-6,9-10H,7-8,11H2,1-2H3,(H,17,18,19). The number of aromatic nitrogens is 2. The van der Waals surface area contributed by atoms with E-state index in [0.29, 0.717) is 0 Å². The number of anilines is 1. The zero-order chi connectivity index (χ0) is 13.3. The van der Waals surface area contributed by atoms with E-state index in [1.807, 2.05) is 19.2 Å². The number of hydrogen-bond acceptors (Lipinski definition) is 3. The summed E-state index contributed by atoms with van der Waals surface area (Å²) in [6.07, 6.45) is 5.30. The maximum absolute atomic E-state index is 4.44. The summed E-state index contributed by atoms with van der Waals surface area (Å²) in [6, 6.07) is 10.7. The van der Waals surface area contributed by atoms with Gasteiger partial charge in [0.25, 0.3) is 0 Å². The van der Waals surface area contributed by atoms with Crippen molar-refractivity contribution in [3.8, 4) is 0 Å². The van der Waals surface area contributed by atoms with Gasteiger partial charge in [-0.15, -0.1) is 0 Å². The van der Waals surface area contributed by atoms with Gasteiger partial charge < -0.3 is 5.32 Å². The Labute approximate surface area is 114 Å². The van der Waals surface area contributed by atoms with E-state index < -0.39 is 0 Å². The highest BCUT2D eigenvalue weighted by Crippen LogP contribution is 2.41. The number of nitrogens with one attached hydrogen (secondary N) is 1. The highest BCUT2D eigenvalue weighted by molar-refractivity contribution is 5.41. The molecule has 0 spiro atoms. The first-order chi connectivity index (χ1) is 9.15. The van der Waals surface area contributed by atoms with Crippen molar-refractivity contribution in [3.05, 3.63) is 53.5 Å². The van der Waals surface area contributed by atoms with Crippen LogP contribution >= 0.6 is 0 Å². The number of aryl methyl sites for hydroxylation is 2. The number of benzene rings is 1. The predicted molar refractivity (Wildman–Crippen MR) is 77.2 cm³/mol. The van der Waals surface area contributed by atoms with Crippen LogP contribution in [0.15, 0.2) is 36.5 Å². The quantitative estimate of drug-likeness (QED) is 0.908. The van der Waals surface area contributed by atoms with E-state index in [2.05, 4.69) is 46.5 Å². The van der Waals surface area contributed by atoms with E-state index in [4.69, 9.17) is 0 Å². The van der Waals surface area contributed by atoms with Gasteiger partial charge in [-0.1, -0.05) is 29.8 Å². The lowest BCUT2D eigenvalue weighted by Crippen LogP contribution is -2.25. The van der Waals surface area contributed by atoms with E-state index in [9.17, 15) is 0 Å². The second-order valence-corrected chi connectivity index (χ2v) is 5.56. The van der Waals surface area contributed by atoms with E-state index >= 15 is 0 Å². The third-order valence-electron chi connectivity index (χ3n) is 3.65. The van der Waals surface area contributed by atoms with Gasteiger partial charge >= 0.3 is 0 Å². The van der Waals surface area contributed by atoms with Gasteiger partial charge in [-0.2, -0.15) is 0 Å². The molecule has 0 bridgehead atoms. The Morgan fingerprint density at radius 3 is 2.74 bits per heavy atom. The van der Waals surface area contributed by atoms with Crippen molar-refractivity contribution < 1.29 is 0 Å². The van der Waals surface area contributed by atoms with Crippen LogP contribution in [-0.4, -0.2) is 15.5 Å². The summed E-state index contributed by atoms with van der Waals surface area (Å²) in [5.74, 6) is 1.76. The van der Waals surface area contributed by atoms with Crippen molar-refractivity contribution >= 4 is 5.82 Å². The Kier molecular flexibility index (Phi) is 2.97. The summed E-state index contributed by atoms with van der Waals surface area (Å²) in [4.78, 5) is 8.57. The van der Waals surface area contributed by atoms with Gasteiger partial charge in [0, 0.05) is 11.7 Å². The summed E-state index contributed by atoms with van der Waals surface area (Å²) >= 11 is 0. The maximum atomic E-state index is 4.44. The Bertz CT molecular complexity index is 539. The van der Waals surface area contributed by atoms with E-state index in [1.54, 1.807) is 0 Å². The van der Waals surface area contributed by atoms with Crippen LogP contribution < -0.4 is 5.32 Å². The van der Waals surface area contributed by atoms with Crippen LogP contribution in [0.4, 0.5) is 5.82 Å². The Morgan fingerprint density at radius 1 is 1.21 bits per heavy atom. The molecular formula is C16H19N3. The molecule has 3 rings (SSSR count). The Morgan fingerprint density at radius 2 is 2.05 bits per heavy atom. The molecule has 0 radical (unpaired) electrons. The minimum Gasteiger partial charge on any atom is -0.364 e. The van der Waals surface area contributed by atoms with Gasteiger partial charge in [-0.25, -0.2) is 9.97 Å². The summed E-state index contributed by atoms with van der Waals surface area (Å²) in [5, 5.41) is 3.59. The number of hydrogen-bond donors (Lipinski definition) is 1. The third kappa shape index (κ3) is 2.92. The summed E-state index contributed by atoms with van der Waals surface area (Å²) in [6.45, 7) is 4.07. The van der Waals surface area contributed by atoms with Crippen molar-refractivity contribution in [1.29, 1.82) is 0 Å². The molecule has 3 nitrogen and oxygen atoms in total. The van der Waals surface area contributed by atoms with Gasteiger partial charge in [0.1, 0.15) is 11.6 Å². The molecule has 0 amide bonds. The normalized spacial score (nSPS) is 16.1. The fraction of sp³-hybridized carbons (Fsp3) is 0.375. The monoisotopic (exact) mass is 253 g/mol. The molecule has 1 N–H and O–H groups in total. The molecule has 1 aliphatic rings. The minimum absolute atomic E-state index is 0.203. The SMILES string of the molecule is Cc1cccc(CC2(Nc3ccnc(C)n3)CC2)c1. The molecule has 98 valence electrons. The average Bonchev–Trinajstić information content (AvgIpc) is 3.08. The summed E-state index contributed by atoms with van der Waals surface area (Å²) in [7, 11) is 0. The molecule has 0 saturated heterocycles. The van der Waals surface area contributed by atoms with Gasteiger partial charge in [-0.3, -0.25) is 0 Å². The van der Waals surface area contributed by atoms with E-state index in [1.165, 1.54) is 24.0 Å². The van der Waals surface area contributed by atoms with Gasteiger partial charge in [-0.05, 0) is 44.7 Å². The first kappa shape index (κ1) is 12.2. The largest absolute Gasteiger partial charge is 0.364 e. The molecule has 1 heterocycles. The molecular weight excluding hydrogens is 234 g/mol. The lowest BCUT2D eigenvalue weighted by atomic mass is 10.0. The van der Waals surface area contributed by atoms with Crippen LogP contribution in [0, 0.1) is 13.8 Å². The highest BCUT2D eigenvalue weighted by Gasteiger charge is 2.42. The molecule has 1 fully saturated rings. The molecule has 1 aliphatic carbocycles. The van der Waals surface area contributed by atoms with Crippen LogP contribution in [0.25, 0.3) is 0 Å². The zero-order valence-electron chi connectivity index (χ0n) is 11.5. The van der Waals surface area contributed by atoms with E-state index in [0.717, 1.165) is 18.1 Å². The molecule has 1 aromatic carbocycles. The second-order valence-electron chi connectivity index (χ2n) is 5.56. The molecule has 3 heteroatoms. The summed E-state index contributed by atoms with van der Waals surface area (Å²) in [5.41, 5.74) is 2.93. The molecule has 0 unspecified atom stereocenters. The first-order valence-electron chi connectivity index (χ1n) is 6.79. The lowest BCUT2D eigenvalue weighted by molar-refractivity contribution is 0.719. The maximum Gasteiger partial charge on any atom is 0.130 e.